The molecule has 0 spiro atoms. The van der Waals surface area contributed by atoms with Crippen molar-refractivity contribution in [3.8, 4) is 23.3 Å². The van der Waals surface area contributed by atoms with Crippen molar-refractivity contribution in [2.24, 2.45) is 0 Å². The van der Waals surface area contributed by atoms with E-state index in [9.17, 15) is 18.0 Å². The molecule has 0 radical (unpaired) electrons. The van der Waals surface area contributed by atoms with Crippen molar-refractivity contribution in [3.63, 3.8) is 0 Å². The van der Waals surface area contributed by atoms with Crippen LogP contribution >= 0.6 is 11.8 Å². The molecule has 186 valence electrons. The molecular weight excluding hydrogens is 489 g/mol. The number of rotatable bonds is 8. The molecule has 3 rings (SSSR count). The van der Waals surface area contributed by atoms with Crippen LogP contribution in [0, 0.1) is 18.8 Å². The number of benzene rings is 3. The number of halogens is 3. The molecule has 8 heteroatoms. The maximum Gasteiger partial charge on any atom is 0.416 e. The van der Waals surface area contributed by atoms with Gasteiger partial charge in [-0.1, -0.05) is 30.0 Å². The smallest absolute Gasteiger partial charge is 0.416 e. The fourth-order valence-corrected chi connectivity index (χ4v) is 3.99. The number of hydrogen-bond donors (Lipinski definition) is 1. The lowest BCUT2D eigenvalue weighted by Gasteiger charge is -2.09. The second-order valence-corrected chi connectivity index (χ2v) is 8.69. The Balaban J connectivity index is 1.81. The quantitative estimate of drug-likeness (QED) is 0.268. The van der Waals surface area contributed by atoms with Crippen molar-refractivity contribution in [1.82, 2.24) is 0 Å². The molecule has 3 aromatic carbocycles. The van der Waals surface area contributed by atoms with Crippen molar-refractivity contribution >= 4 is 23.3 Å². The van der Waals surface area contributed by atoms with E-state index in [4.69, 9.17) is 14.6 Å². The molecule has 0 fully saturated rings. The van der Waals surface area contributed by atoms with Gasteiger partial charge >= 0.3 is 12.1 Å². The van der Waals surface area contributed by atoms with E-state index in [0.717, 1.165) is 28.2 Å². The molecule has 0 saturated heterocycles. The van der Waals surface area contributed by atoms with Gasteiger partial charge in [0.05, 0.1) is 12.7 Å². The third-order valence-electron chi connectivity index (χ3n) is 4.99. The van der Waals surface area contributed by atoms with Crippen molar-refractivity contribution in [2.75, 3.05) is 19.5 Å². The minimum Gasteiger partial charge on any atom is -0.497 e. The van der Waals surface area contributed by atoms with Crippen molar-refractivity contribution in [3.05, 3.63) is 95.1 Å². The van der Waals surface area contributed by atoms with Crippen LogP contribution in [0.5, 0.6) is 11.5 Å². The number of aliphatic carboxylic acids is 1. The number of thioether (sulfide) groups is 1. The molecule has 3 aromatic rings. The maximum absolute atomic E-state index is 13.0. The summed E-state index contributed by atoms with van der Waals surface area (Å²) >= 11 is 1.51. The summed E-state index contributed by atoms with van der Waals surface area (Å²) in [6.45, 7) is 1.41. The van der Waals surface area contributed by atoms with E-state index in [1.165, 1.54) is 23.9 Å². The van der Waals surface area contributed by atoms with Gasteiger partial charge in [0.15, 0.2) is 6.61 Å². The molecular formula is C28H23F3O4S. The summed E-state index contributed by atoms with van der Waals surface area (Å²) in [4.78, 5) is 11.6. The Morgan fingerprint density at radius 3 is 2.33 bits per heavy atom. The van der Waals surface area contributed by atoms with E-state index in [1.54, 1.807) is 25.3 Å². The van der Waals surface area contributed by atoms with Crippen LogP contribution in [0.15, 0.2) is 77.7 Å². The molecule has 1 N–H and O–H groups in total. The van der Waals surface area contributed by atoms with Crippen LogP contribution in [-0.4, -0.2) is 30.5 Å². The van der Waals surface area contributed by atoms with E-state index in [2.05, 4.69) is 11.8 Å². The molecule has 0 heterocycles. The Morgan fingerprint density at radius 1 is 1.06 bits per heavy atom. The first-order valence-electron chi connectivity index (χ1n) is 10.8. The Hall–Kier alpha value is -3.83. The number of hydrogen-bond acceptors (Lipinski definition) is 4. The molecule has 4 nitrogen and oxygen atoms in total. The summed E-state index contributed by atoms with van der Waals surface area (Å²) < 4.78 is 49.4. The van der Waals surface area contributed by atoms with E-state index >= 15 is 0 Å². The molecule has 0 amide bonds. The SMILES string of the molecule is COc1ccc(C#CC(=CCSc2ccc(OCC(=O)O)c(C)c2)c2ccc(C(F)(F)F)cc2)cc1. The molecule has 0 aliphatic carbocycles. The maximum atomic E-state index is 13.0. The number of ether oxygens (including phenoxy) is 2. The predicted octanol–water partition coefficient (Wildman–Crippen LogP) is 6.71. The Kier molecular flexibility index (Phi) is 9.09. The second kappa shape index (κ2) is 12.2. The van der Waals surface area contributed by atoms with Gasteiger partial charge in [-0.3, -0.25) is 0 Å². The van der Waals surface area contributed by atoms with Crippen molar-refractivity contribution in [1.29, 1.82) is 0 Å². The van der Waals surface area contributed by atoms with Crippen LogP contribution in [0.3, 0.4) is 0 Å². The molecule has 0 saturated carbocycles. The van der Waals surface area contributed by atoms with Gasteiger partial charge in [-0.15, -0.1) is 11.8 Å². The van der Waals surface area contributed by atoms with E-state index in [1.807, 2.05) is 37.3 Å². The minimum absolute atomic E-state index is 0.417. The molecule has 0 aromatic heterocycles. The predicted molar refractivity (Wildman–Crippen MR) is 134 cm³/mol. The normalized spacial score (nSPS) is 11.4. The first kappa shape index (κ1) is 26.8. The van der Waals surface area contributed by atoms with Crippen molar-refractivity contribution in [2.45, 2.75) is 18.0 Å². The Bertz CT molecular complexity index is 1290. The summed E-state index contributed by atoms with van der Waals surface area (Å²) in [5, 5.41) is 8.77. The highest BCUT2D eigenvalue weighted by atomic mass is 32.2. The number of carboxylic acids is 1. The number of allylic oxidation sites excluding steroid dienone is 1. The van der Waals surface area contributed by atoms with Crippen LogP contribution in [0.1, 0.15) is 22.3 Å². The monoisotopic (exact) mass is 512 g/mol. The second-order valence-electron chi connectivity index (χ2n) is 7.59. The molecule has 0 atom stereocenters. The van der Waals surface area contributed by atoms with Gasteiger partial charge in [0, 0.05) is 21.8 Å². The van der Waals surface area contributed by atoms with Crippen LogP contribution in [0.25, 0.3) is 5.57 Å². The lowest BCUT2D eigenvalue weighted by atomic mass is 10.0. The summed E-state index contributed by atoms with van der Waals surface area (Å²) in [6.07, 6.45) is -2.54. The first-order chi connectivity index (χ1) is 17.2. The molecule has 0 aliphatic rings. The van der Waals surface area contributed by atoms with Gasteiger partial charge in [-0.05, 0) is 72.6 Å². The van der Waals surface area contributed by atoms with Gasteiger partial charge < -0.3 is 14.6 Å². The average Bonchev–Trinajstić information content (AvgIpc) is 2.85. The zero-order valence-electron chi connectivity index (χ0n) is 19.6. The first-order valence-corrected chi connectivity index (χ1v) is 11.8. The minimum atomic E-state index is -4.41. The van der Waals surface area contributed by atoms with Crippen LogP contribution in [0.2, 0.25) is 0 Å². The fourth-order valence-electron chi connectivity index (χ4n) is 3.13. The lowest BCUT2D eigenvalue weighted by Crippen LogP contribution is -2.09. The third kappa shape index (κ3) is 7.85. The van der Waals surface area contributed by atoms with Gasteiger partial charge in [-0.2, -0.15) is 13.2 Å². The summed E-state index contributed by atoms with van der Waals surface area (Å²) in [5.74, 6) is 6.80. The van der Waals surface area contributed by atoms with Gasteiger partial charge in [0.25, 0.3) is 0 Å². The number of aryl methyl sites for hydroxylation is 1. The Morgan fingerprint density at radius 2 is 1.75 bits per heavy atom. The van der Waals surface area contributed by atoms with E-state index < -0.39 is 24.3 Å². The number of carboxylic acid groups (broad SMARTS) is 1. The number of methoxy groups -OCH3 is 1. The number of carbonyl (C=O) groups is 1. The van der Waals surface area contributed by atoms with Crippen LogP contribution < -0.4 is 9.47 Å². The lowest BCUT2D eigenvalue weighted by molar-refractivity contribution is -0.139. The fraction of sp³-hybridized carbons (Fsp3) is 0.179. The van der Waals surface area contributed by atoms with Crippen LogP contribution in [0.4, 0.5) is 13.2 Å². The highest BCUT2D eigenvalue weighted by Crippen LogP contribution is 2.31. The topological polar surface area (TPSA) is 55.8 Å². The standard InChI is InChI=1S/C28H23F3O4S/c1-19-17-25(13-14-26(19)35-18-27(32)33)36-16-15-22(6-3-20-4-11-24(34-2)12-5-20)21-7-9-23(10-8-21)28(29,30)31/h4-5,7-15,17H,16,18H2,1-2H3,(H,32,33). The van der Waals surface area contributed by atoms with Crippen LogP contribution in [-0.2, 0) is 11.0 Å². The average molecular weight is 513 g/mol. The molecule has 0 unspecified atom stereocenters. The summed E-state index contributed by atoms with van der Waals surface area (Å²) in [5.41, 5.74) is 2.01. The van der Waals surface area contributed by atoms with Gasteiger partial charge in [0.2, 0.25) is 0 Å². The van der Waals surface area contributed by atoms with Gasteiger partial charge in [0.1, 0.15) is 11.5 Å². The largest absolute Gasteiger partial charge is 0.497 e. The molecule has 36 heavy (non-hydrogen) atoms. The third-order valence-corrected chi connectivity index (χ3v) is 5.91. The Labute approximate surface area is 211 Å². The zero-order chi connectivity index (χ0) is 26.1. The van der Waals surface area contributed by atoms with Gasteiger partial charge in [-0.25, -0.2) is 4.79 Å². The number of alkyl halides is 3. The zero-order valence-corrected chi connectivity index (χ0v) is 20.4. The highest BCUT2D eigenvalue weighted by molar-refractivity contribution is 7.99. The molecule has 0 bridgehead atoms. The van der Waals surface area contributed by atoms with E-state index in [-0.39, 0.29) is 0 Å². The summed E-state index contributed by atoms with van der Waals surface area (Å²) in [6, 6.07) is 17.5. The molecule has 0 aliphatic heterocycles. The van der Waals surface area contributed by atoms with E-state index in [0.29, 0.717) is 28.4 Å². The van der Waals surface area contributed by atoms with Crippen molar-refractivity contribution < 1.29 is 32.5 Å². The highest BCUT2D eigenvalue weighted by Gasteiger charge is 2.30. The summed E-state index contributed by atoms with van der Waals surface area (Å²) in [7, 11) is 1.57.